The summed E-state index contributed by atoms with van der Waals surface area (Å²) in [4.78, 5) is 2.66. The third kappa shape index (κ3) is 4.92. The first-order valence-electron chi connectivity index (χ1n) is 8.16. The van der Waals surface area contributed by atoms with Crippen LogP contribution in [-0.2, 0) is 0 Å². The van der Waals surface area contributed by atoms with Crippen molar-refractivity contribution in [2.75, 3.05) is 26.2 Å². The van der Waals surface area contributed by atoms with Crippen molar-refractivity contribution in [1.82, 2.24) is 10.2 Å². The van der Waals surface area contributed by atoms with Crippen molar-refractivity contribution >= 4 is 0 Å². The van der Waals surface area contributed by atoms with Gasteiger partial charge >= 0.3 is 0 Å². The summed E-state index contributed by atoms with van der Waals surface area (Å²) in [5.74, 6) is 1.46. The molecule has 2 heteroatoms. The quantitative estimate of drug-likeness (QED) is 0.854. The largest absolute Gasteiger partial charge is 0.314 e. The lowest BCUT2D eigenvalue weighted by Gasteiger charge is -2.35. The predicted molar refractivity (Wildman–Crippen MR) is 87.2 cm³/mol. The highest BCUT2D eigenvalue weighted by atomic mass is 15.1. The number of nitrogens with one attached hydrogen (secondary N) is 1. The van der Waals surface area contributed by atoms with Gasteiger partial charge in [-0.3, -0.25) is 0 Å². The summed E-state index contributed by atoms with van der Waals surface area (Å²) in [7, 11) is 0. The molecule has 2 unspecified atom stereocenters. The van der Waals surface area contributed by atoms with Crippen molar-refractivity contribution in [1.29, 1.82) is 0 Å². The molecule has 0 radical (unpaired) electrons. The molecule has 1 aromatic carbocycles. The lowest BCUT2D eigenvalue weighted by molar-refractivity contribution is 0.164. The molecule has 1 N–H and O–H groups in total. The molecule has 0 bridgehead atoms. The van der Waals surface area contributed by atoms with E-state index in [1.54, 1.807) is 0 Å². The number of hydrogen-bond donors (Lipinski definition) is 1. The van der Waals surface area contributed by atoms with E-state index >= 15 is 0 Å². The van der Waals surface area contributed by atoms with E-state index in [0.29, 0.717) is 12.0 Å². The maximum Gasteiger partial charge on any atom is 0.00477 e. The van der Waals surface area contributed by atoms with Gasteiger partial charge < -0.3 is 10.2 Å². The summed E-state index contributed by atoms with van der Waals surface area (Å²) in [5.41, 5.74) is 1.47. The summed E-state index contributed by atoms with van der Waals surface area (Å²) in [5, 5.41) is 3.59. The molecule has 0 aliphatic carbocycles. The minimum absolute atomic E-state index is 0.605. The molecule has 0 aromatic heterocycles. The van der Waals surface area contributed by atoms with E-state index in [-0.39, 0.29) is 0 Å². The smallest absolute Gasteiger partial charge is 0.00477 e. The topological polar surface area (TPSA) is 15.3 Å². The molecule has 2 rings (SSSR count). The highest BCUT2D eigenvalue weighted by Crippen LogP contribution is 2.21. The molecule has 1 aromatic rings. The van der Waals surface area contributed by atoms with Gasteiger partial charge in [0.1, 0.15) is 0 Å². The van der Waals surface area contributed by atoms with Crippen LogP contribution in [0.3, 0.4) is 0 Å². The second kappa shape index (κ2) is 7.80. The fourth-order valence-electron chi connectivity index (χ4n) is 3.16. The van der Waals surface area contributed by atoms with Crippen LogP contribution in [0.5, 0.6) is 0 Å². The average molecular weight is 274 g/mol. The Hall–Kier alpha value is -0.860. The Labute approximate surface area is 124 Å². The molecule has 0 amide bonds. The summed E-state index contributed by atoms with van der Waals surface area (Å²) in [6.07, 6.45) is 2.74. The first kappa shape index (κ1) is 15.5. The first-order chi connectivity index (χ1) is 9.65. The van der Waals surface area contributed by atoms with Gasteiger partial charge in [0.2, 0.25) is 0 Å². The standard InChI is InChI=1S/C18H30N2/c1-15(2)19-12-17-8-7-11-20(14-17)13-16(3)18-9-5-4-6-10-18/h4-6,9-10,15-17,19H,7-8,11-14H2,1-3H3. The molecule has 1 fully saturated rings. The molecule has 2 atom stereocenters. The SMILES string of the molecule is CC(C)NCC1CCCN(CC(C)c2ccccc2)C1. The minimum atomic E-state index is 0.605. The lowest BCUT2D eigenvalue weighted by Crippen LogP contribution is -2.42. The Morgan fingerprint density at radius 3 is 2.65 bits per heavy atom. The molecule has 0 spiro atoms. The molecule has 1 heterocycles. The van der Waals surface area contributed by atoms with Crippen molar-refractivity contribution in [3.63, 3.8) is 0 Å². The van der Waals surface area contributed by atoms with Gasteiger partial charge in [0.05, 0.1) is 0 Å². The number of hydrogen-bond acceptors (Lipinski definition) is 2. The lowest BCUT2D eigenvalue weighted by atomic mass is 9.95. The van der Waals surface area contributed by atoms with E-state index in [4.69, 9.17) is 0 Å². The molecule has 1 saturated heterocycles. The zero-order valence-corrected chi connectivity index (χ0v) is 13.3. The van der Waals surface area contributed by atoms with E-state index in [1.807, 2.05) is 0 Å². The number of nitrogens with zero attached hydrogens (tertiary/aromatic N) is 1. The van der Waals surface area contributed by atoms with Crippen molar-refractivity contribution in [2.24, 2.45) is 5.92 Å². The van der Waals surface area contributed by atoms with Crippen LogP contribution in [0.2, 0.25) is 0 Å². The highest BCUT2D eigenvalue weighted by Gasteiger charge is 2.21. The van der Waals surface area contributed by atoms with Crippen molar-refractivity contribution < 1.29 is 0 Å². The van der Waals surface area contributed by atoms with Crippen LogP contribution in [0.25, 0.3) is 0 Å². The average Bonchev–Trinajstić information content (AvgIpc) is 2.46. The highest BCUT2D eigenvalue weighted by molar-refractivity contribution is 5.19. The Balaban J connectivity index is 1.80. The van der Waals surface area contributed by atoms with Gasteiger partial charge in [-0.25, -0.2) is 0 Å². The van der Waals surface area contributed by atoms with Gasteiger partial charge in [-0.05, 0) is 43.3 Å². The van der Waals surface area contributed by atoms with E-state index in [9.17, 15) is 0 Å². The second-order valence-electron chi connectivity index (χ2n) is 6.64. The van der Waals surface area contributed by atoms with Crippen molar-refractivity contribution in [2.45, 2.75) is 45.6 Å². The van der Waals surface area contributed by atoms with Crippen LogP contribution in [0, 0.1) is 5.92 Å². The fourth-order valence-corrected chi connectivity index (χ4v) is 3.16. The van der Waals surface area contributed by atoms with Crippen LogP contribution in [0.4, 0.5) is 0 Å². The molecule has 0 saturated carbocycles. The molecular formula is C18H30N2. The zero-order valence-electron chi connectivity index (χ0n) is 13.3. The third-order valence-corrected chi connectivity index (χ3v) is 4.32. The maximum atomic E-state index is 3.59. The number of likely N-dealkylation sites (tertiary alicyclic amines) is 1. The number of piperidine rings is 1. The molecule has 1 aliphatic rings. The summed E-state index contributed by atoms with van der Waals surface area (Å²) in [6.45, 7) is 11.7. The van der Waals surface area contributed by atoms with Crippen LogP contribution in [0.1, 0.15) is 45.1 Å². The summed E-state index contributed by atoms with van der Waals surface area (Å²) >= 11 is 0. The van der Waals surface area contributed by atoms with Gasteiger partial charge in [0, 0.05) is 19.1 Å². The Morgan fingerprint density at radius 2 is 1.95 bits per heavy atom. The molecular weight excluding hydrogens is 244 g/mol. The maximum absolute atomic E-state index is 3.59. The number of rotatable bonds is 6. The fraction of sp³-hybridized carbons (Fsp3) is 0.667. The minimum Gasteiger partial charge on any atom is -0.314 e. The molecule has 112 valence electrons. The van der Waals surface area contributed by atoms with Crippen molar-refractivity contribution in [3.8, 4) is 0 Å². The monoisotopic (exact) mass is 274 g/mol. The van der Waals surface area contributed by atoms with E-state index in [0.717, 1.165) is 5.92 Å². The van der Waals surface area contributed by atoms with Gasteiger partial charge in [-0.2, -0.15) is 0 Å². The Bertz CT molecular complexity index is 374. The van der Waals surface area contributed by atoms with Crippen LogP contribution in [-0.4, -0.2) is 37.1 Å². The predicted octanol–water partition coefficient (Wildman–Crippen LogP) is 3.50. The van der Waals surface area contributed by atoms with Gasteiger partial charge in [-0.15, -0.1) is 0 Å². The zero-order chi connectivity index (χ0) is 14.4. The summed E-state index contributed by atoms with van der Waals surface area (Å²) in [6, 6.07) is 11.5. The Morgan fingerprint density at radius 1 is 1.20 bits per heavy atom. The van der Waals surface area contributed by atoms with E-state index in [1.165, 1.54) is 44.6 Å². The normalized spacial score (nSPS) is 22.1. The first-order valence-corrected chi connectivity index (χ1v) is 8.16. The van der Waals surface area contributed by atoms with Crippen molar-refractivity contribution in [3.05, 3.63) is 35.9 Å². The van der Waals surface area contributed by atoms with Gasteiger partial charge in [0.15, 0.2) is 0 Å². The Kier molecular flexibility index (Phi) is 6.06. The van der Waals surface area contributed by atoms with Crippen LogP contribution < -0.4 is 5.32 Å². The van der Waals surface area contributed by atoms with E-state index < -0.39 is 0 Å². The molecule has 2 nitrogen and oxygen atoms in total. The second-order valence-corrected chi connectivity index (χ2v) is 6.64. The summed E-state index contributed by atoms with van der Waals surface area (Å²) < 4.78 is 0. The molecule has 20 heavy (non-hydrogen) atoms. The van der Waals surface area contributed by atoms with Gasteiger partial charge in [0.25, 0.3) is 0 Å². The third-order valence-electron chi connectivity index (χ3n) is 4.32. The van der Waals surface area contributed by atoms with E-state index in [2.05, 4.69) is 61.3 Å². The number of benzene rings is 1. The molecule has 1 aliphatic heterocycles. The van der Waals surface area contributed by atoms with Gasteiger partial charge in [-0.1, -0.05) is 51.1 Å². The van der Waals surface area contributed by atoms with Crippen LogP contribution in [0.15, 0.2) is 30.3 Å². The van der Waals surface area contributed by atoms with Crippen LogP contribution >= 0.6 is 0 Å².